The van der Waals surface area contributed by atoms with Crippen LogP contribution in [0.2, 0.25) is 5.02 Å². The second-order valence-electron chi connectivity index (χ2n) is 4.83. The van der Waals surface area contributed by atoms with Crippen LogP contribution in [0, 0.1) is 17.1 Å². The molecule has 2 rings (SSSR count). The smallest absolute Gasteiger partial charge is 0.338 e. The Kier molecular flexibility index (Phi) is 5.88. The molecule has 0 heterocycles. The minimum absolute atomic E-state index is 0.156. The summed E-state index contributed by atoms with van der Waals surface area (Å²) in [5.74, 6) is -1.93. The van der Waals surface area contributed by atoms with Gasteiger partial charge < -0.3 is 10.1 Å². The largest absolute Gasteiger partial charge is 0.465 e. The molecule has 0 bridgehead atoms. The van der Waals surface area contributed by atoms with E-state index < -0.39 is 17.7 Å². The van der Waals surface area contributed by atoms with Crippen LogP contribution in [0.1, 0.15) is 15.9 Å². The average molecular weight is 359 g/mol. The molecule has 5 nitrogen and oxygen atoms in total. The van der Waals surface area contributed by atoms with Crippen molar-refractivity contribution in [1.82, 2.24) is 0 Å². The van der Waals surface area contributed by atoms with Gasteiger partial charge in [-0.15, -0.1) is 0 Å². The van der Waals surface area contributed by atoms with Gasteiger partial charge in [-0.25, -0.2) is 9.18 Å². The van der Waals surface area contributed by atoms with Crippen molar-refractivity contribution < 1.29 is 18.7 Å². The van der Waals surface area contributed by atoms with E-state index in [2.05, 4.69) is 10.1 Å². The molecule has 1 N–H and O–H groups in total. The Balaban J connectivity index is 2.31. The number of benzene rings is 2. The van der Waals surface area contributed by atoms with E-state index in [9.17, 15) is 19.2 Å². The van der Waals surface area contributed by atoms with Crippen molar-refractivity contribution in [3.05, 3.63) is 70.0 Å². The highest BCUT2D eigenvalue weighted by molar-refractivity contribution is 6.31. The number of esters is 1. The van der Waals surface area contributed by atoms with Crippen LogP contribution in [0.15, 0.2) is 48.0 Å². The van der Waals surface area contributed by atoms with Gasteiger partial charge in [-0.3, -0.25) is 4.79 Å². The van der Waals surface area contributed by atoms with Crippen LogP contribution in [0.5, 0.6) is 0 Å². The van der Waals surface area contributed by atoms with E-state index in [1.807, 2.05) is 0 Å². The molecule has 0 aliphatic carbocycles. The molecular weight excluding hydrogens is 347 g/mol. The van der Waals surface area contributed by atoms with E-state index in [1.54, 1.807) is 24.3 Å². The lowest BCUT2D eigenvalue weighted by molar-refractivity contribution is -0.112. The molecule has 0 aliphatic heterocycles. The van der Waals surface area contributed by atoms with E-state index in [-0.39, 0.29) is 21.8 Å². The first-order valence-electron chi connectivity index (χ1n) is 7.01. The maximum atomic E-state index is 13.1. The Labute approximate surface area is 148 Å². The molecule has 7 heteroatoms. The van der Waals surface area contributed by atoms with Crippen molar-refractivity contribution in [3.63, 3.8) is 0 Å². The van der Waals surface area contributed by atoms with Crippen molar-refractivity contribution in [2.24, 2.45) is 0 Å². The van der Waals surface area contributed by atoms with Gasteiger partial charge in [-0.2, -0.15) is 5.26 Å². The quantitative estimate of drug-likeness (QED) is 0.512. The number of nitriles is 1. The number of hydrogen-bond acceptors (Lipinski definition) is 4. The minimum atomic E-state index is -0.718. The number of nitrogens with zero attached hydrogens (tertiary/aromatic N) is 1. The van der Waals surface area contributed by atoms with Gasteiger partial charge >= 0.3 is 5.97 Å². The summed E-state index contributed by atoms with van der Waals surface area (Å²) in [7, 11) is 1.24. The first kappa shape index (κ1) is 18.2. The second kappa shape index (κ2) is 8.08. The fourth-order valence-corrected chi connectivity index (χ4v) is 2.18. The van der Waals surface area contributed by atoms with Crippen molar-refractivity contribution in [3.8, 4) is 6.07 Å². The summed E-state index contributed by atoms with van der Waals surface area (Å²) in [6.07, 6.45) is 1.27. The van der Waals surface area contributed by atoms with Crippen LogP contribution in [-0.2, 0) is 9.53 Å². The Morgan fingerprint density at radius 2 is 2.00 bits per heavy atom. The number of anilines is 1. The molecule has 0 spiro atoms. The third-order valence-electron chi connectivity index (χ3n) is 3.21. The lowest BCUT2D eigenvalue weighted by Crippen LogP contribution is -2.14. The molecule has 0 saturated carbocycles. The van der Waals surface area contributed by atoms with Crippen molar-refractivity contribution in [2.45, 2.75) is 0 Å². The van der Waals surface area contributed by atoms with Gasteiger partial charge in [-0.1, -0.05) is 29.8 Å². The second-order valence-corrected chi connectivity index (χ2v) is 5.24. The normalized spacial score (nSPS) is 10.7. The molecule has 0 radical (unpaired) electrons. The van der Waals surface area contributed by atoms with Crippen molar-refractivity contribution >= 4 is 35.2 Å². The van der Waals surface area contributed by atoms with Crippen molar-refractivity contribution in [1.29, 1.82) is 5.26 Å². The Bertz CT molecular complexity index is 903. The van der Waals surface area contributed by atoms with Crippen LogP contribution >= 0.6 is 11.6 Å². The number of hydrogen-bond donors (Lipinski definition) is 1. The molecule has 0 unspecified atom stereocenters. The van der Waals surface area contributed by atoms with Gasteiger partial charge in [0.25, 0.3) is 5.91 Å². The molecular formula is C18H12ClFN2O3. The van der Waals surface area contributed by atoms with Gasteiger partial charge in [0.05, 0.1) is 17.7 Å². The topological polar surface area (TPSA) is 79.2 Å². The molecule has 2 aromatic carbocycles. The highest BCUT2D eigenvalue weighted by Crippen LogP contribution is 2.20. The summed E-state index contributed by atoms with van der Waals surface area (Å²) < 4.78 is 17.8. The summed E-state index contributed by atoms with van der Waals surface area (Å²) in [5.41, 5.74) is 0.573. The number of carbonyl (C=O) groups excluding carboxylic acids is 2. The lowest BCUT2D eigenvalue weighted by atomic mass is 10.0. The van der Waals surface area contributed by atoms with Crippen LogP contribution in [0.25, 0.3) is 6.08 Å². The molecule has 2 aromatic rings. The Hall–Kier alpha value is -3.17. The number of amides is 1. The van der Waals surface area contributed by atoms with E-state index in [0.717, 1.165) is 6.07 Å². The summed E-state index contributed by atoms with van der Waals surface area (Å²) in [4.78, 5) is 24.0. The Morgan fingerprint density at radius 3 is 2.64 bits per heavy atom. The number of nitrogens with one attached hydrogen (secondary N) is 1. The van der Waals surface area contributed by atoms with Crippen LogP contribution in [-0.4, -0.2) is 19.0 Å². The van der Waals surface area contributed by atoms with E-state index >= 15 is 0 Å². The molecule has 0 aliphatic rings. The predicted molar refractivity (Wildman–Crippen MR) is 91.4 cm³/mol. The predicted octanol–water partition coefficient (Wildman–Crippen LogP) is 3.81. The zero-order valence-corrected chi connectivity index (χ0v) is 13.8. The molecule has 0 aromatic heterocycles. The van der Waals surface area contributed by atoms with Gasteiger partial charge in [-0.05, 0) is 35.9 Å². The van der Waals surface area contributed by atoms with Crippen LogP contribution in [0.3, 0.4) is 0 Å². The van der Waals surface area contributed by atoms with Crippen LogP contribution < -0.4 is 5.32 Å². The highest BCUT2D eigenvalue weighted by atomic mass is 35.5. The van der Waals surface area contributed by atoms with Crippen LogP contribution in [0.4, 0.5) is 10.1 Å². The zero-order chi connectivity index (χ0) is 18.4. The summed E-state index contributed by atoms with van der Waals surface area (Å²) in [6, 6.07) is 11.8. The summed E-state index contributed by atoms with van der Waals surface area (Å²) in [6.45, 7) is 0. The summed E-state index contributed by atoms with van der Waals surface area (Å²) in [5, 5.41) is 11.5. The minimum Gasteiger partial charge on any atom is -0.465 e. The molecule has 0 atom stereocenters. The molecule has 1 amide bonds. The number of ether oxygens (including phenoxy) is 1. The zero-order valence-electron chi connectivity index (χ0n) is 13.0. The number of carbonyl (C=O) groups is 2. The van der Waals surface area contributed by atoms with Gasteiger partial charge in [0.1, 0.15) is 17.5 Å². The fourth-order valence-electron chi connectivity index (χ4n) is 2.00. The molecule has 25 heavy (non-hydrogen) atoms. The summed E-state index contributed by atoms with van der Waals surface area (Å²) >= 11 is 5.65. The maximum absolute atomic E-state index is 13.1. The maximum Gasteiger partial charge on any atom is 0.338 e. The van der Waals surface area contributed by atoms with E-state index in [4.69, 9.17) is 11.6 Å². The Morgan fingerprint density at radius 1 is 1.28 bits per heavy atom. The number of rotatable bonds is 4. The standard InChI is InChI=1S/C18H12ClFN2O3/c1-25-18(24)14-5-3-2-4-11(14)8-12(10-21)17(23)22-13-6-7-16(20)15(19)9-13/h2-9H,1H3,(H,22,23)/b12-8+. The SMILES string of the molecule is COC(=O)c1ccccc1/C=C(\C#N)C(=O)Nc1ccc(F)c(Cl)c1. The number of halogens is 2. The van der Waals surface area contributed by atoms with Gasteiger partial charge in [0.2, 0.25) is 0 Å². The van der Waals surface area contributed by atoms with Gasteiger partial charge in [0.15, 0.2) is 0 Å². The third-order valence-corrected chi connectivity index (χ3v) is 3.50. The first-order valence-corrected chi connectivity index (χ1v) is 7.39. The van der Waals surface area contributed by atoms with E-state index in [1.165, 1.54) is 31.4 Å². The molecule has 126 valence electrons. The lowest BCUT2D eigenvalue weighted by Gasteiger charge is -2.07. The van der Waals surface area contributed by atoms with Gasteiger partial charge in [0, 0.05) is 5.69 Å². The monoisotopic (exact) mass is 358 g/mol. The highest BCUT2D eigenvalue weighted by Gasteiger charge is 2.14. The number of methoxy groups -OCH3 is 1. The fraction of sp³-hybridized carbons (Fsp3) is 0.0556. The third kappa shape index (κ3) is 4.43. The molecule has 0 fully saturated rings. The van der Waals surface area contributed by atoms with Crippen molar-refractivity contribution in [2.75, 3.05) is 12.4 Å². The first-order chi connectivity index (χ1) is 12.0. The van der Waals surface area contributed by atoms with E-state index in [0.29, 0.717) is 5.56 Å². The molecule has 0 saturated heterocycles. The average Bonchev–Trinajstić information content (AvgIpc) is 2.62.